The lowest BCUT2D eigenvalue weighted by Crippen LogP contribution is -2.41. The molecule has 3 rings (SSSR count). The molecule has 0 atom stereocenters. The molecule has 132 valence electrons. The Morgan fingerprint density at radius 3 is 2.32 bits per heavy atom. The minimum Gasteiger partial charge on any atom is -0.352 e. The van der Waals surface area contributed by atoms with E-state index < -0.39 is 10.0 Å². The Bertz CT molecular complexity index is 834. The summed E-state index contributed by atoms with van der Waals surface area (Å²) in [7, 11) is -3.81. The van der Waals surface area contributed by atoms with Crippen LogP contribution in [0.15, 0.2) is 59.5 Å². The highest BCUT2D eigenvalue weighted by molar-refractivity contribution is 7.89. The van der Waals surface area contributed by atoms with Crippen LogP contribution in [0.4, 0.5) is 0 Å². The molecule has 1 aliphatic rings. The summed E-state index contributed by atoms with van der Waals surface area (Å²) in [5.41, 5.74) is 0.819. The molecule has 2 aromatic rings. The molecule has 5 nitrogen and oxygen atoms in total. The van der Waals surface area contributed by atoms with Crippen LogP contribution >= 0.6 is 11.6 Å². The van der Waals surface area contributed by atoms with Crippen molar-refractivity contribution in [3.63, 3.8) is 0 Å². The topological polar surface area (TPSA) is 66.5 Å². The maximum atomic E-state index is 13.0. The van der Waals surface area contributed by atoms with E-state index in [0.717, 1.165) is 18.4 Å². The van der Waals surface area contributed by atoms with Gasteiger partial charge in [-0.3, -0.25) is 4.79 Å². The lowest BCUT2D eigenvalue weighted by molar-refractivity contribution is -0.121. The van der Waals surface area contributed by atoms with Crippen molar-refractivity contribution >= 4 is 27.5 Å². The normalized spacial score (nSPS) is 14.5. The SMILES string of the molecule is O=C(CN(Cc1ccccc1)S(=O)(=O)c1ccc(Cl)cc1)NC1CC1. The van der Waals surface area contributed by atoms with Gasteiger partial charge in [-0.15, -0.1) is 0 Å². The number of carbonyl (C=O) groups is 1. The average Bonchev–Trinajstić information content (AvgIpc) is 3.39. The molecule has 25 heavy (non-hydrogen) atoms. The van der Waals surface area contributed by atoms with Crippen LogP contribution in [-0.2, 0) is 21.4 Å². The van der Waals surface area contributed by atoms with Gasteiger partial charge in [0.05, 0.1) is 11.4 Å². The predicted molar refractivity (Wildman–Crippen MR) is 96.7 cm³/mol. The maximum Gasteiger partial charge on any atom is 0.243 e. The number of nitrogens with zero attached hydrogens (tertiary/aromatic N) is 1. The molecule has 0 aromatic heterocycles. The van der Waals surface area contributed by atoms with Crippen LogP contribution in [0.2, 0.25) is 5.02 Å². The summed E-state index contributed by atoms with van der Waals surface area (Å²) in [6.07, 6.45) is 1.91. The summed E-state index contributed by atoms with van der Waals surface area (Å²) in [6.45, 7) is -0.0831. The van der Waals surface area contributed by atoms with Gasteiger partial charge in [0.15, 0.2) is 0 Å². The first kappa shape index (κ1) is 17.9. The second-order valence-electron chi connectivity index (χ2n) is 6.05. The molecule has 0 spiro atoms. The van der Waals surface area contributed by atoms with Gasteiger partial charge in [0.2, 0.25) is 15.9 Å². The van der Waals surface area contributed by atoms with Crippen molar-refractivity contribution in [1.82, 2.24) is 9.62 Å². The fourth-order valence-electron chi connectivity index (χ4n) is 2.43. The van der Waals surface area contributed by atoms with Gasteiger partial charge in [-0.05, 0) is 42.7 Å². The smallest absolute Gasteiger partial charge is 0.243 e. The molecular weight excluding hydrogens is 360 g/mol. The third-order valence-electron chi connectivity index (χ3n) is 3.92. The number of hydrogen-bond donors (Lipinski definition) is 1. The third kappa shape index (κ3) is 4.81. The summed E-state index contributed by atoms with van der Waals surface area (Å²) in [5, 5.41) is 3.29. The zero-order chi connectivity index (χ0) is 17.9. The maximum absolute atomic E-state index is 13.0. The Labute approximate surface area is 152 Å². The lowest BCUT2D eigenvalue weighted by atomic mass is 10.2. The minimum atomic E-state index is -3.81. The number of carbonyl (C=O) groups excluding carboxylic acids is 1. The first-order valence-electron chi connectivity index (χ1n) is 8.04. The Morgan fingerprint density at radius 2 is 1.72 bits per heavy atom. The molecular formula is C18H19ClN2O3S. The Balaban J connectivity index is 1.85. The zero-order valence-electron chi connectivity index (χ0n) is 13.6. The van der Waals surface area contributed by atoms with Crippen LogP contribution in [0.3, 0.4) is 0 Å². The molecule has 0 unspecified atom stereocenters. The van der Waals surface area contributed by atoms with Crippen molar-refractivity contribution in [2.45, 2.75) is 30.3 Å². The molecule has 0 saturated heterocycles. The number of halogens is 1. The van der Waals surface area contributed by atoms with E-state index in [0.29, 0.717) is 5.02 Å². The highest BCUT2D eigenvalue weighted by Crippen LogP contribution is 2.22. The predicted octanol–water partition coefficient (Wildman–Crippen LogP) is 2.81. The van der Waals surface area contributed by atoms with Crippen molar-refractivity contribution in [2.75, 3.05) is 6.54 Å². The summed E-state index contributed by atoms with van der Waals surface area (Å²) in [4.78, 5) is 12.3. The number of benzene rings is 2. The number of rotatable bonds is 7. The van der Waals surface area contributed by atoms with Gasteiger partial charge in [0, 0.05) is 17.6 Å². The van der Waals surface area contributed by atoms with Crippen LogP contribution in [0, 0.1) is 0 Å². The molecule has 1 amide bonds. The van der Waals surface area contributed by atoms with Crippen molar-refractivity contribution in [1.29, 1.82) is 0 Å². The van der Waals surface area contributed by atoms with Crippen molar-refractivity contribution < 1.29 is 13.2 Å². The van der Waals surface area contributed by atoms with Gasteiger partial charge in [-0.1, -0.05) is 41.9 Å². The molecule has 1 N–H and O–H groups in total. The van der Waals surface area contributed by atoms with Gasteiger partial charge in [-0.25, -0.2) is 8.42 Å². The van der Waals surface area contributed by atoms with Crippen LogP contribution < -0.4 is 5.32 Å². The number of sulfonamides is 1. The van der Waals surface area contributed by atoms with E-state index in [2.05, 4.69) is 5.32 Å². The van der Waals surface area contributed by atoms with Crippen LogP contribution in [0.5, 0.6) is 0 Å². The zero-order valence-corrected chi connectivity index (χ0v) is 15.1. The Morgan fingerprint density at radius 1 is 1.08 bits per heavy atom. The first-order valence-corrected chi connectivity index (χ1v) is 9.86. The molecule has 0 heterocycles. The number of amides is 1. The van der Waals surface area contributed by atoms with Gasteiger partial charge in [0.25, 0.3) is 0 Å². The fraction of sp³-hybridized carbons (Fsp3) is 0.278. The van der Waals surface area contributed by atoms with E-state index in [-0.39, 0.29) is 29.9 Å². The monoisotopic (exact) mass is 378 g/mol. The van der Waals surface area contributed by atoms with E-state index in [1.807, 2.05) is 30.3 Å². The Hall–Kier alpha value is -1.89. The van der Waals surface area contributed by atoms with E-state index in [1.165, 1.54) is 28.6 Å². The van der Waals surface area contributed by atoms with Gasteiger partial charge < -0.3 is 5.32 Å². The molecule has 0 aliphatic heterocycles. The standard InChI is InChI=1S/C18H19ClN2O3S/c19-15-6-10-17(11-7-15)25(23,24)21(12-14-4-2-1-3-5-14)13-18(22)20-16-8-9-16/h1-7,10-11,16H,8-9,12-13H2,(H,20,22). The average molecular weight is 379 g/mol. The second-order valence-corrected chi connectivity index (χ2v) is 8.43. The molecule has 0 bridgehead atoms. The molecule has 1 aliphatic carbocycles. The molecule has 1 saturated carbocycles. The fourth-order valence-corrected chi connectivity index (χ4v) is 3.94. The largest absolute Gasteiger partial charge is 0.352 e. The number of hydrogen-bond acceptors (Lipinski definition) is 3. The lowest BCUT2D eigenvalue weighted by Gasteiger charge is -2.22. The highest BCUT2D eigenvalue weighted by Gasteiger charge is 2.29. The Kier molecular flexibility index (Phi) is 5.42. The minimum absolute atomic E-state index is 0.118. The van der Waals surface area contributed by atoms with E-state index in [1.54, 1.807) is 0 Å². The van der Waals surface area contributed by atoms with E-state index in [9.17, 15) is 13.2 Å². The molecule has 1 fully saturated rings. The third-order valence-corrected chi connectivity index (χ3v) is 5.97. The van der Waals surface area contributed by atoms with Gasteiger partial charge >= 0.3 is 0 Å². The highest BCUT2D eigenvalue weighted by atomic mass is 35.5. The summed E-state index contributed by atoms with van der Waals surface area (Å²) in [6, 6.07) is 15.4. The van der Waals surface area contributed by atoms with Crippen molar-refractivity contribution in [3.8, 4) is 0 Å². The van der Waals surface area contributed by atoms with E-state index >= 15 is 0 Å². The molecule has 2 aromatic carbocycles. The summed E-state index contributed by atoms with van der Waals surface area (Å²) >= 11 is 5.85. The molecule has 7 heteroatoms. The summed E-state index contributed by atoms with van der Waals surface area (Å²) in [5.74, 6) is -0.282. The van der Waals surface area contributed by atoms with E-state index in [4.69, 9.17) is 11.6 Å². The van der Waals surface area contributed by atoms with Gasteiger partial charge in [0.1, 0.15) is 0 Å². The van der Waals surface area contributed by atoms with Crippen LogP contribution in [0.25, 0.3) is 0 Å². The second kappa shape index (κ2) is 7.56. The quantitative estimate of drug-likeness (QED) is 0.805. The number of nitrogens with one attached hydrogen (secondary N) is 1. The van der Waals surface area contributed by atoms with Crippen LogP contribution in [0.1, 0.15) is 18.4 Å². The molecule has 0 radical (unpaired) electrons. The van der Waals surface area contributed by atoms with Crippen molar-refractivity contribution in [2.24, 2.45) is 0 Å². The first-order chi connectivity index (χ1) is 11.9. The summed E-state index contributed by atoms with van der Waals surface area (Å²) < 4.78 is 27.2. The van der Waals surface area contributed by atoms with Crippen molar-refractivity contribution in [3.05, 3.63) is 65.2 Å². The van der Waals surface area contributed by atoms with Gasteiger partial charge in [-0.2, -0.15) is 4.31 Å². The van der Waals surface area contributed by atoms with Crippen LogP contribution in [-0.4, -0.2) is 31.2 Å².